The summed E-state index contributed by atoms with van der Waals surface area (Å²) in [6, 6.07) is -0.630. The second-order valence-corrected chi connectivity index (χ2v) is 4.51. The number of nitrogens with one attached hydrogen (secondary N) is 2. The van der Waals surface area contributed by atoms with Crippen molar-refractivity contribution in [3.05, 3.63) is 23.8 Å². The molecule has 0 aromatic heterocycles. The molecule has 0 aromatic carbocycles. The van der Waals surface area contributed by atoms with Crippen LogP contribution in [0.5, 0.6) is 0 Å². The van der Waals surface area contributed by atoms with Crippen molar-refractivity contribution in [3.8, 4) is 0 Å². The molecule has 0 aliphatic carbocycles. The molecule has 0 aromatic rings. The molecule has 1 saturated heterocycles. The summed E-state index contributed by atoms with van der Waals surface area (Å²) in [6.45, 7) is 7.67. The number of carbonyl (C=O) groups is 3. The van der Waals surface area contributed by atoms with Gasteiger partial charge in [0.2, 0.25) is 17.7 Å². The van der Waals surface area contributed by atoms with Gasteiger partial charge in [0, 0.05) is 12.0 Å². The number of imide groups is 1. The van der Waals surface area contributed by atoms with Crippen molar-refractivity contribution in [2.45, 2.75) is 45.6 Å². The number of allylic oxidation sites excluding steroid dienone is 2. The third-order valence-electron chi connectivity index (χ3n) is 3.05. The van der Waals surface area contributed by atoms with Crippen LogP contribution < -0.4 is 10.6 Å². The van der Waals surface area contributed by atoms with Gasteiger partial charge in [-0.1, -0.05) is 32.1 Å². The van der Waals surface area contributed by atoms with E-state index in [0.717, 1.165) is 12.0 Å². The lowest BCUT2D eigenvalue weighted by Gasteiger charge is -2.22. The lowest BCUT2D eigenvalue weighted by atomic mass is 10.0. The molecule has 1 aliphatic heterocycles. The Morgan fingerprint density at radius 2 is 2.11 bits per heavy atom. The summed E-state index contributed by atoms with van der Waals surface area (Å²) in [4.78, 5) is 34.6. The molecule has 0 radical (unpaired) electrons. The maximum absolute atomic E-state index is 12.0. The third-order valence-corrected chi connectivity index (χ3v) is 3.05. The van der Waals surface area contributed by atoms with E-state index in [0.29, 0.717) is 18.4 Å². The Hall–Kier alpha value is -1.91. The summed E-state index contributed by atoms with van der Waals surface area (Å²) < 4.78 is 0. The fourth-order valence-corrected chi connectivity index (χ4v) is 1.76. The first-order valence-electron chi connectivity index (χ1n) is 6.50. The molecule has 0 spiro atoms. The van der Waals surface area contributed by atoms with Crippen molar-refractivity contribution < 1.29 is 14.4 Å². The van der Waals surface area contributed by atoms with Crippen LogP contribution >= 0.6 is 0 Å². The largest absolute Gasteiger partial charge is 0.340 e. The van der Waals surface area contributed by atoms with Gasteiger partial charge < -0.3 is 5.32 Å². The molecule has 1 aliphatic rings. The molecule has 3 amide bonds. The minimum absolute atomic E-state index is 0.253. The zero-order chi connectivity index (χ0) is 14.4. The van der Waals surface area contributed by atoms with E-state index in [9.17, 15) is 14.4 Å². The van der Waals surface area contributed by atoms with Gasteiger partial charge in [0.05, 0.1) is 0 Å². The van der Waals surface area contributed by atoms with Gasteiger partial charge in [0.15, 0.2) is 0 Å². The van der Waals surface area contributed by atoms with Gasteiger partial charge in [-0.25, -0.2) is 0 Å². The van der Waals surface area contributed by atoms with E-state index in [1.54, 1.807) is 6.08 Å². The Morgan fingerprint density at radius 1 is 1.42 bits per heavy atom. The minimum atomic E-state index is -0.630. The lowest BCUT2D eigenvalue weighted by molar-refractivity contribution is -0.136. The Bertz CT molecular complexity index is 438. The average molecular weight is 264 g/mol. The quantitative estimate of drug-likeness (QED) is 0.445. The van der Waals surface area contributed by atoms with Crippen molar-refractivity contribution in [1.82, 2.24) is 10.6 Å². The average Bonchev–Trinajstić information content (AvgIpc) is 2.38. The highest BCUT2D eigenvalue weighted by atomic mass is 16.2. The summed E-state index contributed by atoms with van der Waals surface area (Å²) in [7, 11) is 0. The van der Waals surface area contributed by atoms with Gasteiger partial charge in [-0.05, 0) is 19.3 Å². The minimum Gasteiger partial charge on any atom is -0.340 e. The van der Waals surface area contributed by atoms with Crippen LogP contribution in [0.25, 0.3) is 0 Å². The fraction of sp³-hybridized carbons (Fsp3) is 0.500. The van der Waals surface area contributed by atoms with Crippen molar-refractivity contribution in [2.75, 3.05) is 0 Å². The Morgan fingerprint density at radius 3 is 2.63 bits per heavy atom. The predicted octanol–water partition coefficient (Wildman–Crippen LogP) is 1.21. The summed E-state index contributed by atoms with van der Waals surface area (Å²) >= 11 is 0. The van der Waals surface area contributed by atoms with E-state index in [1.165, 1.54) is 0 Å². The van der Waals surface area contributed by atoms with Crippen molar-refractivity contribution in [2.24, 2.45) is 0 Å². The highest BCUT2D eigenvalue weighted by Crippen LogP contribution is 2.10. The van der Waals surface area contributed by atoms with Crippen LogP contribution in [0.15, 0.2) is 23.8 Å². The molecular formula is C14H20N2O3. The molecule has 1 unspecified atom stereocenters. The highest BCUT2D eigenvalue weighted by molar-refractivity contribution is 6.03. The van der Waals surface area contributed by atoms with E-state index in [1.807, 2.05) is 13.8 Å². The summed E-state index contributed by atoms with van der Waals surface area (Å²) in [6.07, 6.45) is 3.69. The number of carbonyl (C=O) groups excluding carboxylic acids is 3. The van der Waals surface area contributed by atoms with Crippen LogP contribution in [0.2, 0.25) is 0 Å². The molecule has 5 heteroatoms. The predicted molar refractivity (Wildman–Crippen MR) is 72.1 cm³/mol. The summed E-state index contributed by atoms with van der Waals surface area (Å²) in [5.41, 5.74) is 1.46. The Balaban J connectivity index is 2.67. The Kier molecular flexibility index (Phi) is 5.48. The van der Waals surface area contributed by atoms with Gasteiger partial charge in [0.25, 0.3) is 0 Å². The molecular weight excluding hydrogens is 244 g/mol. The first-order valence-corrected chi connectivity index (χ1v) is 6.50. The second-order valence-electron chi connectivity index (χ2n) is 4.51. The first-order chi connectivity index (χ1) is 8.97. The van der Waals surface area contributed by atoms with E-state index in [2.05, 4.69) is 17.2 Å². The molecule has 1 atom stereocenters. The zero-order valence-electron chi connectivity index (χ0n) is 11.4. The van der Waals surface area contributed by atoms with Crippen LogP contribution in [0.3, 0.4) is 0 Å². The van der Waals surface area contributed by atoms with Gasteiger partial charge in [-0.2, -0.15) is 0 Å². The number of piperidine rings is 1. The SMILES string of the molecule is C=C(/C=C(\CC)C(=O)NC1CCC(=O)NC1=O)CC. The molecule has 1 rings (SSSR count). The molecule has 104 valence electrons. The van der Waals surface area contributed by atoms with Crippen molar-refractivity contribution in [3.63, 3.8) is 0 Å². The zero-order valence-corrected chi connectivity index (χ0v) is 11.4. The van der Waals surface area contributed by atoms with Gasteiger partial charge in [0.1, 0.15) is 6.04 Å². The smallest absolute Gasteiger partial charge is 0.249 e. The standard InChI is InChI=1S/C14H20N2O3/c1-4-9(3)8-10(5-2)13(18)15-11-6-7-12(17)16-14(11)19/h8,11H,3-7H2,1-2H3,(H,15,18)(H,16,17,19)/b10-8+. The molecule has 0 bridgehead atoms. The van der Waals surface area contributed by atoms with Crippen molar-refractivity contribution >= 4 is 17.7 Å². The van der Waals surface area contributed by atoms with Gasteiger partial charge in [-0.3, -0.25) is 19.7 Å². The molecule has 5 nitrogen and oxygen atoms in total. The van der Waals surface area contributed by atoms with Crippen LogP contribution in [0.4, 0.5) is 0 Å². The summed E-state index contributed by atoms with van der Waals surface area (Å²) in [5, 5.41) is 4.87. The third kappa shape index (κ3) is 4.35. The van der Waals surface area contributed by atoms with Crippen LogP contribution in [0.1, 0.15) is 39.5 Å². The number of hydrogen-bond acceptors (Lipinski definition) is 3. The molecule has 2 N–H and O–H groups in total. The van der Waals surface area contributed by atoms with Crippen LogP contribution in [-0.4, -0.2) is 23.8 Å². The van der Waals surface area contributed by atoms with Crippen LogP contribution in [0, 0.1) is 0 Å². The molecule has 1 fully saturated rings. The van der Waals surface area contributed by atoms with Gasteiger partial charge in [-0.15, -0.1) is 0 Å². The number of hydrogen-bond donors (Lipinski definition) is 2. The molecule has 1 heterocycles. The van der Waals surface area contributed by atoms with Crippen LogP contribution in [-0.2, 0) is 14.4 Å². The van der Waals surface area contributed by atoms with E-state index in [4.69, 9.17) is 0 Å². The fourth-order valence-electron chi connectivity index (χ4n) is 1.76. The van der Waals surface area contributed by atoms with Gasteiger partial charge >= 0.3 is 0 Å². The molecule has 0 saturated carbocycles. The monoisotopic (exact) mass is 264 g/mol. The van der Waals surface area contributed by atoms with E-state index in [-0.39, 0.29) is 18.2 Å². The van der Waals surface area contributed by atoms with E-state index >= 15 is 0 Å². The second kappa shape index (κ2) is 6.87. The van der Waals surface area contributed by atoms with Crippen molar-refractivity contribution in [1.29, 1.82) is 0 Å². The summed E-state index contributed by atoms with van der Waals surface area (Å²) in [5.74, 6) is -0.998. The maximum atomic E-state index is 12.0. The normalized spacial score (nSPS) is 19.9. The molecule has 19 heavy (non-hydrogen) atoms. The topological polar surface area (TPSA) is 75.3 Å². The lowest BCUT2D eigenvalue weighted by Crippen LogP contribution is -2.52. The highest BCUT2D eigenvalue weighted by Gasteiger charge is 2.28. The Labute approximate surface area is 113 Å². The maximum Gasteiger partial charge on any atom is 0.249 e. The number of amides is 3. The number of rotatable bonds is 5. The first kappa shape index (κ1) is 15.1. The van der Waals surface area contributed by atoms with E-state index < -0.39 is 11.9 Å².